The molecule has 0 heterocycles. The van der Waals surface area contributed by atoms with Crippen LogP contribution in [0, 0.1) is 0 Å². The van der Waals surface area contributed by atoms with E-state index in [1.807, 2.05) is 0 Å². The van der Waals surface area contributed by atoms with Gasteiger partial charge in [-0.05, 0) is 66.4 Å². The molecule has 0 saturated heterocycles. The van der Waals surface area contributed by atoms with E-state index < -0.39 is 18.2 Å². The van der Waals surface area contributed by atoms with Crippen LogP contribution in [0.2, 0.25) is 0 Å². The van der Waals surface area contributed by atoms with E-state index in [1.165, 1.54) is 19.1 Å². The van der Waals surface area contributed by atoms with Crippen LogP contribution in [0.15, 0.2) is 41.8 Å². The zero-order valence-corrected chi connectivity index (χ0v) is 19.0. The van der Waals surface area contributed by atoms with E-state index in [-0.39, 0.29) is 39.9 Å². The summed E-state index contributed by atoms with van der Waals surface area (Å²) in [5.74, 6) is -2.39. The van der Waals surface area contributed by atoms with Crippen molar-refractivity contribution < 1.29 is 27.8 Å². The highest BCUT2D eigenvalue weighted by Gasteiger charge is 2.38. The third-order valence-electron chi connectivity index (χ3n) is 5.94. The molecular weight excluding hydrogens is 405 g/mol. The molecule has 0 spiro atoms. The molecule has 1 aliphatic carbocycles. The fraction of sp³-hybridized carbons (Fsp3) is 0.480. The van der Waals surface area contributed by atoms with Crippen LogP contribution >= 0.6 is 0 Å². The van der Waals surface area contributed by atoms with Crippen LogP contribution in [0.4, 0.5) is 13.2 Å². The Morgan fingerprint density at radius 3 is 2.23 bits per heavy atom. The number of benzene rings is 1. The van der Waals surface area contributed by atoms with Crippen molar-refractivity contribution >= 4 is 11.5 Å². The number of hydrogen-bond donors (Lipinski definition) is 1. The zero-order valence-electron chi connectivity index (χ0n) is 19.0. The average molecular weight is 437 g/mol. The fourth-order valence-electron chi connectivity index (χ4n) is 3.84. The summed E-state index contributed by atoms with van der Waals surface area (Å²) in [4.78, 5) is 11.4. The lowest BCUT2D eigenvalue weighted by atomic mass is 9.62. The van der Waals surface area contributed by atoms with Crippen molar-refractivity contribution in [2.45, 2.75) is 71.6 Å². The van der Waals surface area contributed by atoms with E-state index in [0.29, 0.717) is 0 Å². The van der Waals surface area contributed by atoms with Gasteiger partial charge < -0.3 is 9.84 Å². The first-order valence-electron chi connectivity index (χ1n) is 10.4. The van der Waals surface area contributed by atoms with Crippen LogP contribution in [0.5, 0.6) is 5.75 Å². The first-order chi connectivity index (χ1) is 14.3. The lowest BCUT2D eigenvalue weighted by Crippen LogP contribution is -2.34. The number of allylic oxidation sites excluding steroid dienone is 5. The third kappa shape index (κ3) is 5.41. The first-order valence-corrected chi connectivity index (χ1v) is 10.4. The highest BCUT2D eigenvalue weighted by molar-refractivity contribution is 5.87. The lowest BCUT2D eigenvalue weighted by Gasteiger charge is -2.42. The standard InChI is InChI=1S/C25H31F3O3/c1-7-31-23(30)21(26)15(2)9-8-10-16(22(27)28)17-13-18-19(14-20(17)29)25(5,6)12-11-24(18,3)4/h8-10,13-14,22,29H,7,11-12H2,1-6H3/b9-8+,16-10-,21-15-. The Balaban J connectivity index is 2.51. The van der Waals surface area contributed by atoms with Gasteiger partial charge in [-0.2, -0.15) is 4.39 Å². The summed E-state index contributed by atoms with van der Waals surface area (Å²) < 4.78 is 46.3. The average Bonchev–Trinajstić information content (AvgIpc) is 2.68. The van der Waals surface area contributed by atoms with Crippen molar-refractivity contribution in [3.8, 4) is 5.75 Å². The van der Waals surface area contributed by atoms with Gasteiger partial charge in [-0.1, -0.05) is 45.9 Å². The number of carbonyl (C=O) groups excluding carboxylic acids is 1. The fourth-order valence-corrected chi connectivity index (χ4v) is 3.84. The van der Waals surface area contributed by atoms with Crippen molar-refractivity contribution in [1.82, 2.24) is 0 Å². The summed E-state index contributed by atoms with van der Waals surface area (Å²) >= 11 is 0. The molecule has 0 unspecified atom stereocenters. The highest BCUT2D eigenvalue weighted by atomic mass is 19.3. The molecule has 31 heavy (non-hydrogen) atoms. The molecule has 0 aliphatic heterocycles. The van der Waals surface area contributed by atoms with Crippen LogP contribution in [-0.4, -0.2) is 24.1 Å². The molecule has 0 aromatic heterocycles. The lowest BCUT2D eigenvalue weighted by molar-refractivity contribution is -0.140. The molecule has 0 fully saturated rings. The predicted molar refractivity (Wildman–Crippen MR) is 117 cm³/mol. The molecule has 1 aliphatic rings. The summed E-state index contributed by atoms with van der Waals surface area (Å²) in [7, 11) is 0. The number of halogens is 3. The number of rotatable bonds is 6. The predicted octanol–water partition coefficient (Wildman–Crippen LogP) is 6.75. The summed E-state index contributed by atoms with van der Waals surface area (Å²) in [6.45, 7) is 11.2. The minimum Gasteiger partial charge on any atom is -0.507 e. The Hall–Kier alpha value is -2.50. The van der Waals surface area contributed by atoms with Crippen LogP contribution < -0.4 is 0 Å². The molecule has 1 N–H and O–H groups in total. The van der Waals surface area contributed by atoms with E-state index in [2.05, 4.69) is 32.4 Å². The summed E-state index contributed by atoms with van der Waals surface area (Å²) in [6.07, 6.45) is 2.58. The van der Waals surface area contributed by atoms with Gasteiger partial charge in [0.2, 0.25) is 5.83 Å². The zero-order chi connectivity index (χ0) is 23.6. The first kappa shape index (κ1) is 24.8. The second kappa shape index (κ2) is 9.33. The number of alkyl halides is 2. The van der Waals surface area contributed by atoms with Crippen molar-refractivity contribution in [3.63, 3.8) is 0 Å². The van der Waals surface area contributed by atoms with Gasteiger partial charge in [0.1, 0.15) is 5.75 Å². The number of phenols is 1. The maximum absolute atomic E-state index is 13.9. The normalized spacial score (nSPS) is 18.7. The summed E-state index contributed by atoms with van der Waals surface area (Å²) in [6, 6.07) is 3.25. The number of carbonyl (C=O) groups is 1. The maximum Gasteiger partial charge on any atom is 0.367 e. The molecule has 0 bridgehead atoms. The van der Waals surface area contributed by atoms with Crippen molar-refractivity contribution in [2.24, 2.45) is 0 Å². The second-order valence-corrected chi connectivity index (χ2v) is 9.18. The molecule has 0 radical (unpaired) electrons. The van der Waals surface area contributed by atoms with Crippen LogP contribution in [0.25, 0.3) is 5.57 Å². The molecule has 0 atom stereocenters. The van der Waals surface area contributed by atoms with Gasteiger partial charge in [-0.25, -0.2) is 13.6 Å². The van der Waals surface area contributed by atoms with Gasteiger partial charge in [-0.15, -0.1) is 0 Å². The number of fused-ring (bicyclic) bond motifs is 1. The van der Waals surface area contributed by atoms with Crippen LogP contribution in [0.1, 0.15) is 71.1 Å². The molecule has 2 rings (SSSR count). The van der Waals surface area contributed by atoms with Gasteiger partial charge in [0, 0.05) is 11.1 Å². The summed E-state index contributed by atoms with van der Waals surface area (Å²) in [5.41, 5.74) is 1.17. The Labute approximate surface area is 182 Å². The Morgan fingerprint density at radius 1 is 1.16 bits per heavy atom. The van der Waals surface area contributed by atoms with Gasteiger partial charge in [0.05, 0.1) is 6.61 Å². The van der Waals surface area contributed by atoms with Crippen molar-refractivity contribution in [1.29, 1.82) is 0 Å². The minimum atomic E-state index is -2.85. The number of esters is 1. The molecule has 1 aromatic rings. The topological polar surface area (TPSA) is 46.5 Å². The van der Waals surface area contributed by atoms with Gasteiger partial charge in [0.25, 0.3) is 6.43 Å². The third-order valence-corrected chi connectivity index (χ3v) is 5.94. The van der Waals surface area contributed by atoms with Gasteiger partial charge in [0.15, 0.2) is 0 Å². The molecule has 3 nitrogen and oxygen atoms in total. The number of hydrogen-bond acceptors (Lipinski definition) is 3. The summed E-state index contributed by atoms with van der Waals surface area (Å²) in [5, 5.41) is 10.6. The molecule has 1 aromatic carbocycles. The second-order valence-electron chi connectivity index (χ2n) is 9.18. The maximum atomic E-state index is 13.9. The van der Waals surface area contributed by atoms with Crippen LogP contribution in [-0.2, 0) is 20.4 Å². The molecule has 170 valence electrons. The molecular formula is C25H31F3O3. The number of aromatic hydroxyl groups is 1. The Morgan fingerprint density at radius 2 is 1.71 bits per heavy atom. The number of ether oxygens (including phenoxy) is 1. The van der Waals surface area contributed by atoms with E-state index in [4.69, 9.17) is 0 Å². The SMILES string of the molecule is CCOC(=O)/C(F)=C(C)/C=C/C=C(/c1cc2c(cc1O)C(C)(C)CCC2(C)C)C(F)F. The van der Waals surface area contributed by atoms with Crippen LogP contribution in [0.3, 0.4) is 0 Å². The highest BCUT2D eigenvalue weighted by Crippen LogP contribution is 2.48. The van der Waals surface area contributed by atoms with Crippen molar-refractivity contribution in [2.75, 3.05) is 6.61 Å². The largest absolute Gasteiger partial charge is 0.507 e. The van der Waals surface area contributed by atoms with E-state index >= 15 is 0 Å². The van der Waals surface area contributed by atoms with E-state index in [9.17, 15) is 23.1 Å². The minimum absolute atomic E-state index is 0.0312. The number of phenolic OH excluding ortho intramolecular Hbond substituents is 1. The molecule has 6 heteroatoms. The smallest absolute Gasteiger partial charge is 0.367 e. The molecule has 0 saturated carbocycles. The monoisotopic (exact) mass is 436 g/mol. The van der Waals surface area contributed by atoms with Gasteiger partial charge >= 0.3 is 5.97 Å². The quantitative estimate of drug-likeness (QED) is 0.305. The molecule has 0 amide bonds. The van der Waals surface area contributed by atoms with E-state index in [0.717, 1.165) is 30.0 Å². The van der Waals surface area contributed by atoms with Gasteiger partial charge in [-0.3, -0.25) is 0 Å². The van der Waals surface area contributed by atoms with Crippen molar-refractivity contribution in [3.05, 3.63) is 58.5 Å². The Bertz CT molecular complexity index is 938. The van der Waals surface area contributed by atoms with E-state index in [1.54, 1.807) is 19.1 Å². The Kier molecular flexibility index (Phi) is 7.45.